The van der Waals surface area contributed by atoms with Crippen molar-refractivity contribution in [3.8, 4) is 5.88 Å². The second kappa shape index (κ2) is 7.85. The monoisotopic (exact) mass is 375 g/mol. The first kappa shape index (κ1) is 19.9. The fourth-order valence-electron chi connectivity index (χ4n) is 2.90. The molecular formula is C15H20F3N5O3. The summed E-state index contributed by atoms with van der Waals surface area (Å²) in [6, 6.07) is 2.18. The maximum atomic E-state index is 10.6. The van der Waals surface area contributed by atoms with Gasteiger partial charge in [-0.25, -0.2) is 4.79 Å². The van der Waals surface area contributed by atoms with E-state index in [0.29, 0.717) is 17.6 Å². The molecule has 0 aliphatic heterocycles. The predicted molar refractivity (Wildman–Crippen MR) is 84.9 cm³/mol. The molecule has 1 fully saturated rings. The minimum Gasteiger partial charge on any atom is -0.481 e. The van der Waals surface area contributed by atoms with Gasteiger partial charge in [0, 0.05) is 23.7 Å². The number of aliphatic carboxylic acids is 1. The van der Waals surface area contributed by atoms with Gasteiger partial charge in [-0.2, -0.15) is 18.2 Å². The molecule has 2 heterocycles. The maximum absolute atomic E-state index is 10.6. The number of rotatable bonds is 2. The van der Waals surface area contributed by atoms with Crippen LogP contribution in [0.4, 0.5) is 13.2 Å². The molecule has 1 saturated carbocycles. The number of aryl methyl sites for hydroxylation is 1. The molecule has 0 amide bonds. The van der Waals surface area contributed by atoms with E-state index in [1.54, 1.807) is 7.11 Å². The number of hydrogen-bond donors (Lipinski definition) is 2. The van der Waals surface area contributed by atoms with Crippen LogP contribution >= 0.6 is 0 Å². The fourth-order valence-corrected chi connectivity index (χ4v) is 2.90. The number of alkyl halides is 3. The minimum atomic E-state index is -5.08. The zero-order valence-corrected chi connectivity index (χ0v) is 14.3. The molecule has 1 aliphatic carbocycles. The molecule has 3 rings (SSSR count). The summed E-state index contributed by atoms with van der Waals surface area (Å²) in [5, 5.41) is 15.6. The summed E-state index contributed by atoms with van der Waals surface area (Å²) in [6.45, 7) is 2.02. The Bertz CT molecular complexity index is 778. The summed E-state index contributed by atoms with van der Waals surface area (Å²) < 4.78 is 38.9. The third kappa shape index (κ3) is 4.59. The van der Waals surface area contributed by atoms with Gasteiger partial charge in [-0.1, -0.05) is 6.42 Å². The molecule has 2 aromatic rings. The van der Waals surface area contributed by atoms with Gasteiger partial charge in [0.05, 0.1) is 7.11 Å². The molecule has 0 unspecified atom stereocenters. The number of carbonyl (C=O) groups is 1. The van der Waals surface area contributed by atoms with Gasteiger partial charge in [0.15, 0.2) is 0 Å². The quantitative estimate of drug-likeness (QED) is 0.825. The van der Waals surface area contributed by atoms with Gasteiger partial charge in [-0.15, -0.1) is 10.2 Å². The van der Waals surface area contributed by atoms with Crippen molar-refractivity contribution in [1.29, 1.82) is 0 Å². The molecular weight excluding hydrogens is 355 g/mol. The number of nitrogens with zero attached hydrogens (tertiary/aromatic N) is 4. The summed E-state index contributed by atoms with van der Waals surface area (Å²) in [5.74, 6) is -0.215. The predicted octanol–water partition coefficient (Wildman–Crippen LogP) is 2.06. The number of methoxy groups -OCH3 is 1. The molecule has 3 N–H and O–H groups in total. The lowest BCUT2D eigenvalue weighted by molar-refractivity contribution is -0.192. The van der Waals surface area contributed by atoms with Crippen LogP contribution in [0, 0.1) is 6.92 Å². The van der Waals surface area contributed by atoms with Crippen molar-refractivity contribution >= 4 is 11.7 Å². The van der Waals surface area contributed by atoms with Crippen molar-refractivity contribution in [3.63, 3.8) is 0 Å². The number of hydrogen-bond acceptors (Lipinski definition) is 6. The van der Waals surface area contributed by atoms with Gasteiger partial charge in [0.2, 0.25) is 5.88 Å². The van der Waals surface area contributed by atoms with E-state index in [-0.39, 0.29) is 6.04 Å². The lowest BCUT2D eigenvalue weighted by Gasteiger charge is -2.25. The molecule has 26 heavy (non-hydrogen) atoms. The fraction of sp³-hybridized carbons (Fsp3) is 0.600. The number of aromatic nitrogens is 4. The van der Waals surface area contributed by atoms with E-state index in [0.717, 1.165) is 37.2 Å². The standard InChI is InChI=1S/C13H19N5O.C2HF3O2/c1-8-6-11(19-2)15-13-17-16-12(18(8)13)9-4-3-5-10(14)7-9;3-2(4,5)1(6)7/h6,9-10H,3-5,7,14H2,1-2H3;(H,6,7)/t9-,10+;/m0./s1. The van der Waals surface area contributed by atoms with E-state index in [2.05, 4.69) is 15.2 Å². The maximum Gasteiger partial charge on any atom is 0.490 e. The number of carboxylic acid groups (broad SMARTS) is 1. The van der Waals surface area contributed by atoms with Crippen LogP contribution in [0.5, 0.6) is 5.88 Å². The second-order valence-corrected chi connectivity index (χ2v) is 6.06. The Hall–Kier alpha value is -2.43. The number of fused-ring (bicyclic) bond motifs is 1. The molecule has 11 heteroatoms. The van der Waals surface area contributed by atoms with Gasteiger partial charge >= 0.3 is 12.1 Å². The van der Waals surface area contributed by atoms with Gasteiger partial charge < -0.3 is 15.6 Å². The van der Waals surface area contributed by atoms with Crippen LogP contribution in [0.2, 0.25) is 0 Å². The Labute approximate surface area is 147 Å². The van der Waals surface area contributed by atoms with Crippen molar-refractivity contribution in [2.24, 2.45) is 5.73 Å². The Morgan fingerprint density at radius 3 is 2.58 bits per heavy atom. The van der Waals surface area contributed by atoms with E-state index in [9.17, 15) is 13.2 Å². The van der Waals surface area contributed by atoms with Crippen LogP contribution in [-0.2, 0) is 4.79 Å². The van der Waals surface area contributed by atoms with Crippen LogP contribution in [0.25, 0.3) is 5.78 Å². The van der Waals surface area contributed by atoms with E-state index in [1.807, 2.05) is 17.4 Å². The number of nitrogens with two attached hydrogens (primary N) is 1. The second-order valence-electron chi connectivity index (χ2n) is 6.06. The van der Waals surface area contributed by atoms with E-state index >= 15 is 0 Å². The van der Waals surface area contributed by atoms with Crippen LogP contribution in [0.3, 0.4) is 0 Å². The van der Waals surface area contributed by atoms with Crippen LogP contribution < -0.4 is 10.5 Å². The molecule has 0 radical (unpaired) electrons. The summed E-state index contributed by atoms with van der Waals surface area (Å²) in [6.07, 6.45) is -0.714. The summed E-state index contributed by atoms with van der Waals surface area (Å²) in [7, 11) is 1.61. The van der Waals surface area contributed by atoms with Gasteiger partial charge in [-0.05, 0) is 26.2 Å². The average molecular weight is 375 g/mol. The van der Waals surface area contributed by atoms with Crippen molar-refractivity contribution in [2.75, 3.05) is 7.11 Å². The molecule has 1 aliphatic rings. The Morgan fingerprint density at radius 2 is 2.04 bits per heavy atom. The van der Waals surface area contributed by atoms with Crippen LogP contribution in [0.1, 0.15) is 43.1 Å². The van der Waals surface area contributed by atoms with Crippen molar-refractivity contribution in [1.82, 2.24) is 19.6 Å². The third-order valence-electron chi connectivity index (χ3n) is 4.10. The van der Waals surface area contributed by atoms with Gasteiger partial charge in [-0.3, -0.25) is 4.40 Å². The van der Waals surface area contributed by atoms with Crippen LogP contribution in [-0.4, -0.2) is 50.0 Å². The highest BCUT2D eigenvalue weighted by Gasteiger charge is 2.38. The summed E-state index contributed by atoms with van der Waals surface area (Å²) in [5.41, 5.74) is 7.11. The first-order valence-corrected chi connectivity index (χ1v) is 7.95. The topological polar surface area (TPSA) is 116 Å². The highest BCUT2D eigenvalue weighted by atomic mass is 19.4. The normalized spacial score (nSPS) is 20.4. The summed E-state index contributed by atoms with van der Waals surface area (Å²) in [4.78, 5) is 13.2. The molecule has 0 bridgehead atoms. The Morgan fingerprint density at radius 1 is 1.38 bits per heavy atom. The zero-order valence-electron chi connectivity index (χ0n) is 14.3. The first-order valence-electron chi connectivity index (χ1n) is 7.95. The molecule has 144 valence electrons. The largest absolute Gasteiger partial charge is 0.490 e. The van der Waals surface area contributed by atoms with E-state index < -0.39 is 12.1 Å². The number of ether oxygens (including phenoxy) is 1. The van der Waals surface area contributed by atoms with Gasteiger partial charge in [0.1, 0.15) is 5.82 Å². The summed E-state index contributed by atoms with van der Waals surface area (Å²) >= 11 is 0. The molecule has 2 atom stereocenters. The average Bonchev–Trinajstić information content (AvgIpc) is 2.99. The molecule has 2 aromatic heterocycles. The Balaban J connectivity index is 0.000000298. The zero-order chi connectivity index (χ0) is 19.5. The highest BCUT2D eigenvalue weighted by Crippen LogP contribution is 2.31. The van der Waals surface area contributed by atoms with E-state index in [1.165, 1.54) is 0 Å². The molecule has 0 saturated heterocycles. The third-order valence-corrected chi connectivity index (χ3v) is 4.10. The first-order chi connectivity index (χ1) is 12.1. The highest BCUT2D eigenvalue weighted by molar-refractivity contribution is 5.73. The molecule has 0 aromatic carbocycles. The molecule has 0 spiro atoms. The van der Waals surface area contributed by atoms with Crippen molar-refractivity contribution in [3.05, 3.63) is 17.6 Å². The van der Waals surface area contributed by atoms with Crippen molar-refractivity contribution < 1.29 is 27.8 Å². The lowest BCUT2D eigenvalue weighted by Crippen LogP contribution is -2.27. The smallest absolute Gasteiger partial charge is 0.481 e. The van der Waals surface area contributed by atoms with Crippen LogP contribution in [0.15, 0.2) is 6.07 Å². The van der Waals surface area contributed by atoms with E-state index in [4.69, 9.17) is 20.4 Å². The SMILES string of the molecule is COc1cc(C)n2c([C@H]3CCC[C@@H](N)C3)nnc2n1.O=C(O)C(F)(F)F. The lowest BCUT2D eigenvalue weighted by atomic mass is 9.85. The number of carboxylic acids is 1. The van der Waals surface area contributed by atoms with Crippen molar-refractivity contribution in [2.45, 2.75) is 50.7 Å². The number of halogens is 3. The van der Waals surface area contributed by atoms with Gasteiger partial charge in [0.25, 0.3) is 5.78 Å². The molecule has 8 nitrogen and oxygen atoms in total. The minimum absolute atomic E-state index is 0.276. The Kier molecular flexibility index (Phi) is 6.01.